The van der Waals surface area contributed by atoms with E-state index in [-0.39, 0.29) is 23.2 Å². The molecule has 6 nitrogen and oxygen atoms in total. The summed E-state index contributed by atoms with van der Waals surface area (Å²) in [6, 6.07) is 10.5. The van der Waals surface area contributed by atoms with Gasteiger partial charge in [0.15, 0.2) is 5.43 Å². The summed E-state index contributed by atoms with van der Waals surface area (Å²) in [7, 11) is 0. The topological polar surface area (TPSA) is 63.0 Å². The summed E-state index contributed by atoms with van der Waals surface area (Å²) in [4.78, 5) is 31.4. The number of carbonyl (C=O) groups is 1. The standard InChI is InChI=1S/C28H33ClN2O4/c1-6-30(7-2)13-8-14-31-25(19-9-11-20(12-10-19)34-17(3)4)24-26(32)21-16-22(29)18(5)15-23(21)35-27(24)28(31)33/h9-12,15-17,25H,6-8,13-14H2,1-5H3. The molecule has 7 heteroatoms. The van der Waals surface area contributed by atoms with Crippen LogP contribution in [0.25, 0.3) is 11.0 Å². The fourth-order valence-corrected chi connectivity index (χ4v) is 4.89. The van der Waals surface area contributed by atoms with E-state index < -0.39 is 6.04 Å². The van der Waals surface area contributed by atoms with Crippen molar-refractivity contribution in [2.45, 2.75) is 53.2 Å². The Hall–Kier alpha value is -2.83. The highest BCUT2D eigenvalue weighted by Crippen LogP contribution is 2.39. The average molecular weight is 497 g/mol. The van der Waals surface area contributed by atoms with Crippen LogP contribution in [0.15, 0.2) is 45.6 Å². The lowest BCUT2D eigenvalue weighted by atomic mass is 9.98. The fraction of sp³-hybridized carbons (Fsp3) is 0.429. The first-order chi connectivity index (χ1) is 16.7. The zero-order chi connectivity index (χ0) is 25.3. The van der Waals surface area contributed by atoms with Gasteiger partial charge < -0.3 is 19.0 Å². The molecule has 0 saturated carbocycles. The second-order valence-electron chi connectivity index (χ2n) is 9.29. The Morgan fingerprint density at radius 1 is 1.11 bits per heavy atom. The number of hydrogen-bond acceptors (Lipinski definition) is 5. The van der Waals surface area contributed by atoms with Crippen LogP contribution < -0.4 is 10.2 Å². The molecule has 1 aliphatic heterocycles. The average Bonchev–Trinajstić information content (AvgIpc) is 3.10. The van der Waals surface area contributed by atoms with E-state index in [4.69, 9.17) is 20.8 Å². The van der Waals surface area contributed by atoms with Crippen molar-refractivity contribution in [3.8, 4) is 5.75 Å². The van der Waals surface area contributed by atoms with E-state index in [2.05, 4.69) is 18.7 Å². The second kappa shape index (κ2) is 10.4. The van der Waals surface area contributed by atoms with E-state index in [1.807, 2.05) is 45.0 Å². The molecule has 3 aromatic rings. The number of rotatable bonds is 9. The minimum Gasteiger partial charge on any atom is -0.491 e. The van der Waals surface area contributed by atoms with Gasteiger partial charge in [-0.25, -0.2) is 0 Å². The molecule has 0 N–H and O–H groups in total. The minimum absolute atomic E-state index is 0.0535. The second-order valence-corrected chi connectivity index (χ2v) is 9.70. The highest BCUT2D eigenvalue weighted by atomic mass is 35.5. The van der Waals surface area contributed by atoms with Gasteiger partial charge in [-0.1, -0.05) is 37.6 Å². The number of carbonyl (C=O) groups excluding carboxylic acids is 1. The van der Waals surface area contributed by atoms with Crippen molar-refractivity contribution in [3.63, 3.8) is 0 Å². The van der Waals surface area contributed by atoms with Gasteiger partial charge >= 0.3 is 0 Å². The molecular formula is C28H33ClN2O4. The Balaban J connectivity index is 1.79. The molecular weight excluding hydrogens is 464 g/mol. The van der Waals surface area contributed by atoms with Gasteiger partial charge in [-0.3, -0.25) is 9.59 Å². The molecule has 0 bridgehead atoms. The first kappa shape index (κ1) is 25.3. The van der Waals surface area contributed by atoms with Gasteiger partial charge in [0.1, 0.15) is 11.3 Å². The molecule has 1 aliphatic rings. The zero-order valence-corrected chi connectivity index (χ0v) is 21.8. The number of nitrogens with zero attached hydrogens (tertiary/aromatic N) is 2. The maximum absolute atomic E-state index is 13.7. The van der Waals surface area contributed by atoms with Crippen LogP contribution >= 0.6 is 11.6 Å². The molecule has 4 rings (SSSR count). The third kappa shape index (κ3) is 4.95. The number of fused-ring (bicyclic) bond motifs is 2. The molecule has 186 valence electrons. The summed E-state index contributed by atoms with van der Waals surface area (Å²) < 4.78 is 11.9. The summed E-state index contributed by atoms with van der Waals surface area (Å²) in [5.74, 6) is 0.618. The van der Waals surface area contributed by atoms with E-state index in [0.29, 0.717) is 28.1 Å². The number of benzene rings is 2. The Morgan fingerprint density at radius 2 is 1.80 bits per heavy atom. The van der Waals surface area contributed by atoms with Crippen molar-refractivity contribution in [3.05, 3.63) is 74.1 Å². The molecule has 2 aromatic carbocycles. The van der Waals surface area contributed by atoms with Crippen molar-refractivity contribution < 1.29 is 13.9 Å². The van der Waals surface area contributed by atoms with Crippen LogP contribution in [0.3, 0.4) is 0 Å². The van der Waals surface area contributed by atoms with Crippen LogP contribution in [-0.2, 0) is 0 Å². The molecule has 0 spiro atoms. The molecule has 1 aromatic heterocycles. The van der Waals surface area contributed by atoms with Crippen LogP contribution in [0.2, 0.25) is 5.02 Å². The predicted molar refractivity (Wildman–Crippen MR) is 140 cm³/mol. The fourth-order valence-electron chi connectivity index (χ4n) is 4.72. The Kier molecular flexibility index (Phi) is 7.53. The summed E-state index contributed by atoms with van der Waals surface area (Å²) in [6.07, 6.45) is 0.850. The normalized spacial score (nSPS) is 15.5. The maximum atomic E-state index is 13.7. The quantitative estimate of drug-likeness (QED) is 0.373. The third-order valence-electron chi connectivity index (χ3n) is 6.58. The molecule has 0 aliphatic carbocycles. The van der Waals surface area contributed by atoms with Crippen molar-refractivity contribution in [2.24, 2.45) is 0 Å². The van der Waals surface area contributed by atoms with Crippen molar-refractivity contribution in [2.75, 3.05) is 26.2 Å². The van der Waals surface area contributed by atoms with E-state index in [0.717, 1.165) is 42.9 Å². The van der Waals surface area contributed by atoms with Crippen molar-refractivity contribution in [1.82, 2.24) is 9.80 Å². The van der Waals surface area contributed by atoms with Crippen LogP contribution in [0.4, 0.5) is 0 Å². The summed E-state index contributed by atoms with van der Waals surface area (Å²) in [5, 5.41) is 0.888. The molecule has 0 saturated heterocycles. The summed E-state index contributed by atoms with van der Waals surface area (Å²) in [6.45, 7) is 13.4. The molecule has 0 radical (unpaired) electrons. The highest BCUT2D eigenvalue weighted by molar-refractivity contribution is 6.32. The lowest BCUT2D eigenvalue weighted by molar-refractivity contribution is 0.0720. The van der Waals surface area contributed by atoms with Gasteiger partial charge in [0, 0.05) is 11.6 Å². The molecule has 1 amide bonds. The monoisotopic (exact) mass is 496 g/mol. The number of halogens is 1. The van der Waals surface area contributed by atoms with Crippen LogP contribution in [0.5, 0.6) is 5.75 Å². The number of amides is 1. The Bertz CT molecular complexity index is 1280. The highest BCUT2D eigenvalue weighted by Gasteiger charge is 2.42. The maximum Gasteiger partial charge on any atom is 0.290 e. The van der Waals surface area contributed by atoms with Gasteiger partial charge in [-0.05, 0) is 82.2 Å². The number of aryl methyl sites for hydroxylation is 1. The summed E-state index contributed by atoms with van der Waals surface area (Å²) in [5.41, 5.74) is 2.19. The number of ether oxygens (including phenoxy) is 1. The van der Waals surface area contributed by atoms with Gasteiger partial charge in [0.05, 0.1) is 23.1 Å². The predicted octanol–water partition coefficient (Wildman–Crippen LogP) is 5.82. The first-order valence-electron chi connectivity index (χ1n) is 12.3. The smallest absolute Gasteiger partial charge is 0.290 e. The number of hydrogen-bond donors (Lipinski definition) is 0. The van der Waals surface area contributed by atoms with Gasteiger partial charge in [0.25, 0.3) is 5.91 Å². The largest absolute Gasteiger partial charge is 0.491 e. The minimum atomic E-state index is -0.525. The molecule has 0 fully saturated rings. The summed E-state index contributed by atoms with van der Waals surface area (Å²) >= 11 is 6.33. The molecule has 2 heterocycles. The Morgan fingerprint density at radius 3 is 2.43 bits per heavy atom. The van der Waals surface area contributed by atoms with E-state index in [1.54, 1.807) is 17.0 Å². The molecule has 35 heavy (non-hydrogen) atoms. The van der Waals surface area contributed by atoms with Crippen LogP contribution in [0, 0.1) is 6.92 Å². The molecule has 1 atom stereocenters. The SMILES string of the molecule is CCN(CC)CCCN1C(=O)c2oc3cc(C)c(Cl)cc3c(=O)c2C1c1ccc(OC(C)C)cc1. The van der Waals surface area contributed by atoms with E-state index >= 15 is 0 Å². The van der Waals surface area contributed by atoms with E-state index in [1.165, 1.54) is 0 Å². The lowest BCUT2D eigenvalue weighted by Gasteiger charge is -2.27. The van der Waals surface area contributed by atoms with Gasteiger partial charge in [-0.15, -0.1) is 0 Å². The lowest BCUT2D eigenvalue weighted by Crippen LogP contribution is -2.33. The Labute approximate surface area is 211 Å². The van der Waals surface area contributed by atoms with Crippen LogP contribution in [-0.4, -0.2) is 48.0 Å². The van der Waals surface area contributed by atoms with E-state index in [9.17, 15) is 9.59 Å². The van der Waals surface area contributed by atoms with Crippen molar-refractivity contribution >= 4 is 28.5 Å². The third-order valence-corrected chi connectivity index (χ3v) is 6.99. The zero-order valence-electron chi connectivity index (χ0n) is 21.1. The van der Waals surface area contributed by atoms with Crippen LogP contribution in [0.1, 0.15) is 67.4 Å². The van der Waals surface area contributed by atoms with Gasteiger partial charge in [0.2, 0.25) is 5.76 Å². The first-order valence-corrected chi connectivity index (χ1v) is 12.7. The van der Waals surface area contributed by atoms with Gasteiger partial charge in [-0.2, -0.15) is 0 Å². The molecule has 1 unspecified atom stereocenters. The van der Waals surface area contributed by atoms with Crippen molar-refractivity contribution in [1.29, 1.82) is 0 Å².